The summed E-state index contributed by atoms with van der Waals surface area (Å²) in [7, 11) is -3.55. The van der Waals surface area contributed by atoms with Crippen molar-refractivity contribution in [2.75, 3.05) is 26.2 Å². The Morgan fingerprint density at radius 2 is 1.79 bits per heavy atom. The maximum Gasteiger partial charge on any atom is 0.243 e. The highest BCUT2D eigenvalue weighted by Crippen LogP contribution is 2.26. The molecule has 0 spiro atoms. The van der Waals surface area contributed by atoms with Crippen LogP contribution < -0.4 is 0 Å². The lowest BCUT2D eigenvalue weighted by molar-refractivity contribution is -0.128. The summed E-state index contributed by atoms with van der Waals surface area (Å²) in [6.07, 6.45) is 7.96. The minimum absolute atomic E-state index is 0.119. The van der Waals surface area contributed by atoms with Crippen molar-refractivity contribution in [3.8, 4) is 0 Å². The number of hydrogen-bond acceptors (Lipinski definition) is 5. The van der Waals surface area contributed by atoms with E-state index in [0.717, 1.165) is 43.5 Å². The van der Waals surface area contributed by atoms with Crippen molar-refractivity contribution in [2.24, 2.45) is 5.92 Å². The fourth-order valence-electron chi connectivity index (χ4n) is 4.62. The Kier molecular flexibility index (Phi) is 7.55. The predicted molar refractivity (Wildman–Crippen MR) is 125 cm³/mol. The number of ketones is 1. The molecule has 1 amide bonds. The van der Waals surface area contributed by atoms with Gasteiger partial charge >= 0.3 is 0 Å². The molecule has 0 unspecified atom stereocenters. The molecule has 0 saturated carbocycles. The van der Waals surface area contributed by atoms with Gasteiger partial charge in [-0.1, -0.05) is 18.2 Å². The van der Waals surface area contributed by atoms with Crippen LogP contribution in [0.2, 0.25) is 0 Å². The number of sulfonamides is 1. The summed E-state index contributed by atoms with van der Waals surface area (Å²) in [5.74, 6) is 0.701. The number of Topliss-reactive ketones (excluding diaryl/α,β-unsaturated/α-hetero) is 1. The molecule has 0 N–H and O–H groups in total. The monoisotopic (exact) mass is 469 g/mol. The molecule has 0 atom stereocenters. The minimum Gasteiger partial charge on any atom is -0.342 e. The number of pyridine rings is 1. The number of benzene rings is 1. The highest BCUT2D eigenvalue weighted by molar-refractivity contribution is 7.89. The van der Waals surface area contributed by atoms with Crippen LogP contribution in [0.5, 0.6) is 0 Å². The van der Waals surface area contributed by atoms with Crippen LogP contribution in [0.4, 0.5) is 0 Å². The summed E-state index contributed by atoms with van der Waals surface area (Å²) in [6, 6.07) is 10.5. The van der Waals surface area contributed by atoms with Crippen LogP contribution in [-0.2, 0) is 32.5 Å². The summed E-state index contributed by atoms with van der Waals surface area (Å²) < 4.78 is 27.7. The molecule has 0 bridgehead atoms. The zero-order valence-electron chi connectivity index (χ0n) is 18.9. The number of piperidine rings is 1. The lowest BCUT2D eigenvalue weighted by Gasteiger charge is -2.33. The number of aromatic nitrogens is 1. The molecule has 2 fully saturated rings. The van der Waals surface area contributed by atoms with Gasteiger partial charge in [0, 0.05) is 57.8 Å². The molecule has 1 aromatic heterocycles. The zero-order chi connectivity index (χ0) is 23.3. The third-order valence-corrected chi connectivity index (χ3v) is 8.51. The molecule has 33 heavy (non-hydrogen) atoms. The van der Waals surface area contributed by atoms with Crippen molar-refractivity contribution in [3.05, 3.63) is 59.9 Å². The maximum absolute atomic E-state index is 13.1. The fraction of sp³-hybridized carbons (Fsp3) is 0.480. The van der Waals surface area contributed by atoms with E-state index in [0.29, 0.717) is 44.7 Å². The largest absolute Gasteiger partial charge is 0.342 e. The Bertz CT molecular complexity index is 1060. The van der Waals surface area contributed by atoms with Gasteiger partial charge in [-0.2, -0.15) is 4.31 Å². The van der Waals surface area contributed by atoms with Gasteiger partial charge in [0.2, 0.25) is 15.9 Å². The van der Waals surface area contributed by atoms with Gasteiger partial charge in [0.15, 0.2) is 0 Å². The van der Waals surface area contributed by atoms with E-state index in [1.165, 1.54) is 0 Å². The molecule has 3 heterocycles. The predicted octanol–water partition coefficient (Wildman–Crippen LogP) is 2.85. The lowest BCUT2D eigenvalue weighted by Crippen LogP contribution is -2.41. The first-order valence-electron chi connectivity index (χ1n) is 11.7. The average molecular weight is 470 g/mol. The van der Waals surface area contributed by atoms with E-state index in [4.69, 9.17) is 0 Å². The topological polar surface area (TPSA) is 87.6 Å². The van der Waals surface area contributed by atoms with Gasteiger partial charge in [0.05, 0.1) is 4.90 Å². The Morgan fingerprint density at radius 3 is 2.42 bits per heavy atom. The molecule has 0 radical (unpaired) electrons. The van der Waals surface area contributed by atoms with Gasteiger partial charge in [-0.3, -0.25) is 14.6 Å². The minimum atomic E-state index is -3.55. The Morgan fingerprint density at radius 1 is 1.03 bits per heavy atom. The lowest BCUT2D eigenvalue weighted by atomic mass is 9.98. The van der Waals surface area contributed by atoms with Crippen molar-refractivity contribution in [1.82, 2.24) is 14.2 Å². The summed E-state index contributed by atoms with van der Waals surface area (Å²) >= 11 is 0. The number of hydrogen-bond donors (Lipinski definition) is 0. The van der Waals surface area contributed by atoms with Gasteiger partial charge in [-0.15, -0.1) is 0 Å². The van der Waals surface area contributed by atoms with E-state index in [2.05, 4.69) is 4.98 Å². The number of amides is 1. The number of nitrogens with zero attached hydrogens (tertiary/aromatic N) is 3. The van der Waals surface area contributed by atoms with Crippen molar-refractivity contribution < 1.29 is 18.0 Å². The normalized spacial score (nSPS) is 18.1. The molecular weight excluding hydrogens is 438 g/mol. The second kappa shape index (κ2) is 10.6. The van der Waals surface area contributed by atoms with Gasteiger partial charge in [-0.05, 0) is 60.9 Å². The number of carbonyl (C=O) groups excluding carboxylic acids is 2. The molecule has 7 nitrogen and oxygen atoms in total. The average Bonchev–Trinajstić information content (AvgIpc) is 3.23. The molecule has 176 valence electrons. The number of rotatable bonds is 9. The van der Waals surface area contributed by atoms with E-state index < -0.39 is 10.0 Å². The van der Waals surface area contributed by atoms with Crippen LogP contribution in [0.1, 0.15) is 43.2 Å². The standard InChI is InChI=1S/C25H31N3O4S/c29-23(8-5-21-3-1-13-26-18-21)17-20-6-9-24(10-7-20)33(31,32)28-15-11-22(12-16-28)19-27-14-2-4-25(27)30/h1,3,6-7,9-10,13,18,22H,2,4-5,8,11-12,14-17,19H2. The first-order chi connectivity index (χ1) is 15.9. The van der Waals surface area contributed by atoms with Gasteiger partial charge in [0.1, 0.15) is 5.78 Å². The Balaban J connectivity index is 1.27. The summed E-state index contributed by atoms with van der Waals surface area (Å²) in [6.45, 7) is 2.53. The van der Waals surface area contributed by atoms with Gasteiger partial charge in [0.25, 0.3) is 0 Å². The van der Waals surface area contributed by atoms with Gasteiger partial charge in [-0.25, -0.2) is 8.42 Å². The fourth-order valence-corrected chi connectivity index (χ4v) is 6.08. The summed E-state index contributed by atoms with van der Waals surface area (Å²) in [5.41, 5.74) is 1.85. The van der Waals surface area contributed by atoms with E-state index in [1.807, 2.05) is 17.0 Å². The molecule has 2 saturated heterocycles. The smallest absolute Gasteiger partial charge is 0.243 e. The van der Waals surface area contributed by atoms with Crippen molar-refractivity contribution in [1.29, 1.82) is 0 Å². The maximum atomic E-state index is 13.1. The van der Waals surface area contributed by atoms with E-state index >= 15 is 0 Å². The highest BCUT2D eigenvalue weighted by atomic mass is 32.2. The van der Waals surface area contributed by atoms with Crippen LogP contribution in [0.25, 0.3) is 0 Å². The summed E-state index contributed by atoms with van der Waals surface area (Å²) in [4.78, 5) is 30.4. The third-order valence-electron chi connectivity index (χ3n) is 6.60. The summed E-state index contributed by atoms with van der Waals surface area (Å²) in [5, 5.41) is 0. The second-order valence-corrected chi connectivity index (χ2v) is 10.9. The molecule has 8 heteroatoms. The highest BCUT2D eigenvalue weighted by Gasteiger charge is 2.31. The molecule has 2 aliphatic heterocycles. The molecule has 4 rings (SSSR count). The number of aryl methyl sites for hydroxylation is 1. The first kappa shape index (κ1) is 23.6. The van der Waals surface area contributed by atoms with E-state index in [9.17, 15) is 18.0 Å². The van der Waals surface area contributed by atoms with Crippen LogP contribution in [0, 0.1) is 5.92 Å². The van der Waals surface area contributed by atoms with Gasteiger partial charge < -0.3 is 4.90 Å². The van der Waals surface area contributed by atoms with Crippen molar-refractivity contribution in [3.63, 3.8) is 0 Å². The molecule has 2 aliphatic rings. The van der Waals surface area contributed by atoms with Crippen LogP contribution in [0.15, 0.2) is 53.7 Å². The second-order valence-electron chi connectivity index (χ2n) is 9.01. The Hall–Kier alpha value is -2.58. The van der Waals surface area contributed by atoms with Crippen molar-refractivity contribution in [2.45, 2.75) is 49.8 Å². The Labute approximate surface area is 195 Å². The molecular formula is C25H31N3O4S. The van der Waals surface area contributed by atoms with E-state index in [-0.39, 0.29) is 16.6 Å². The van der Waals surface area contributed by atoms with Crippen LogP contribution in [0.3, 0.4) is 0 Å². The van der Waals surface area contributed by atoms with Crippen molar-refractivity contribution >= 4 is 21.7 Å². The number of likely N-dealkylation sites (tertiary alicyclic amines) is 1. The van der Waals surface area contributed by atoms with Crippen LogP contribution >= 0.6 is 0 Å². The molecule has 2 aromatic rings. The molecule has 1 aromatic carbocycles. The van der Waals surface area contributed by atoms with E-state index in [1.54, 1.807) is 41.0 Å². The van der Waals surface area contributed by atoms with Crippen LogP contribution in [-0.4, -0.2) is 60.5 Å². The number of carbonyl (C=O) groups is 2. The quantitative estimate of drug-likeness (QED) is 0.564. The zero-order valence-corrected chi connectivity index (χ0v) is 19.7. The third kappa shape index (κ3) is 6.06. The molecule has 0 aliphatic carbocycles. The first-order valence-corrected chi connectivity index (χ1v) is 13.1. The SMILES string of the molecule is O=C(CCc1cccnc1)Cc1ccc(S(=O)(=O)N2CCC(CN3CCCC3=O)CC2)cc1.